The molecule has 5 nitrogen and oxygen atoms in total. The van der Waals surface area contributed by atoms with E-state index in [2.05, 4.69) is 6.58 Å². The maximum atomic E-state index is 12.9. The Morgan fingerprint density at radius 3 is 2.52 bits per heavy atom. The fraction of sp³-hybridized carbons (Fsp3) is 0.545. The van der Waals surface area contributed by atoms with E-state index in [1.807, 2.05) is 36.1 Å². The van der Waals surface area contributed by atoms with Gasteiger partial charge in [0.1, 0.15) is 0 Å². The van der Waals surface area contributed by atoms with Crippen molar-refractivity contribution in [1.29, 1.82) is 0 Å². The molecule has 2 fully saturated rings. The van der Waals surface area contributed by atoms with Crippen LogP contribution in [-0.2, 0) is 9.59 Å². The van der Waals surface area contributed by atoms with E-state index in [0.717, 1.165) is 36.8 Å². The van der Waals surface area contributed by atoms with Gasteiger partial charge in [-0.05, 0) is 55.7 Å². The molecular formula is C22H30N2O3. The quantitative estimate of drug-likeness (QED) is 0.829. The second-order valence-electron chi connectivity index (χ2n) is 7.79. The number of hydrogen-bond acceptors (Lipinski definition) is 3. The maximum absolute atomic E-state index is 12.9. The number of carbonyl (C=O) groups excluding carboxylic acids is 2. The summed E-state index contributed by atoms with van der Waals surface area (Å²) < 4.78 is 0. The summed E-state index contributed by atoms with van der Waals surface area (Å²) in [6, 6.07) is 7.96. The van der Waals surface area contributed by atoms with Crippen LogP contribution in [0.1, 0.15) is 42.9 Å². The number of hydrogen-bond donors (Lipinski definition) is 1. The molecule has 0 spiro atoms. The molecule has 5 heteroatoms. The molecule has 2 unspecified atom stereocenters. The smallest absolute Gasteiger partial charge is 0.245 e. The molecule has 2 amide bonds. The number of likely N-dealkylation sites (tertiary alicyclic amines) is 2. The minimum atomic E-state index is -0.473. The van der Waals surface area contributed by atoms with Gasteiger partial charge in [0.2, 0.25) is 11.8 Å². The first-order valence-corrected chi connectivity index (χ1v) is 9.95. The van der Waals surface area contributed by atoms with Gasteiger partial charge in [-0.15, -0.1) is 0 Å². The maximum Gasteiger partial charge on any atom is 0.245 e. The van der Waals surface area contributed by atoms with E-state index in [0.29, 0.717) is 26.2 Å². The highest BCUT2D eigenvalue weighted by molar-refractivity contribution is 5.88. The Hall–Kier alpha value is -2.14. The highest BCUT2D eigenvalue weighted by Crippen LogP contribution is 2.33. The van der Waals surface area contributed by atoms with Gasteiger partial charge in [-0.25, -0.2) is 0 Å². The van der Waals surface area contributed by atoms with Gasteiger partial charge in [0.05, 0.1) is 12.0 Å². The topological polar surface area (TPSA) is 60.9 Å². The predicted octanol–water partition coefficient (Wildman–Crippen LogP) is 2.69. The molecule has 0 bridgehead atoms. The van der Waals surface area contributed by atoms with Crippen molar-refractivity contribution in [3.63, 3.8) is 0 Å². The standard InChI is InChI=1S/C22H30N2O3/c1-3-20(25)24-12-6-8-18(15-24)22(27)23-13-10-17(11-14-23)21(26)19-9-5-4-7-16(19)2/h3-5,7,9,17-18,21,26H,1,6,8,10-15H2,2H3. The second-order valence-corrected chi connectivity index (χ2v) is 7.79. The SMILES string of the molecule is C=CC(=O)N1CCCC(C(=O)N2CCC(C(O)c3ccccc3C)CC2)C1. The number of rotatable bonds is 4. The van der Waals surface area contributed by atoms with E-state index in [4.69, 9.17) is 0 Å². The van der Waals surface area contributed by atoms with Crippen molar-refractivity contribution in [3.05, 3.63) is 48.0 Å². The molecule has 2 atom stereocenters. The lowest BCUT2D eigenvalue weighted by molar-refractivity contribution is -0.141. The molecule has 2 aliphatic rings. The Bertz CT molecular complexity index is 695. The van der Waals surface area contributed by atoms with Gasteiger partial charge >= 0.3 is 0 Å². The van der Waals surface area contributed by atoms with Gasteiger partial charge in [-0.2, -0.15) is 0 Å². The molecule has 2 saturated heterocycles. The molecule has 2 aliphatic heterocycles. The van der Waals surface area contributed by atoms with Crippen LogP contribution in [-0.4, -0.2) is 52.9 Å². The highest BCUT2D eigenvalue weighted by Gasteiger charge is 2.34. The molecule has 27 heavy (non-hydrogen) atoms. The number of aliphatic hydroxyl groups is 1. The zero-order valence-electron chi connectivity index (χ0n) is 16.1. The Labute approximate surface area is 161 Å². The number of carbonyl (C=O) groups is 2. The highest BCUT2D eigenvalue weighted by atomic mass is 16.3. The van der Waals surface area contributed by atoms with Crippen LogP contribution in [0.3, 0.4) is 0 Å². The zero-order chi connectivity index (χ0) is 19.4. The number of nitrogens with zero attached hydrogens (tertiary/aromatic N) is 2. The fourth-order valence-electron chi connectivity index (χ4n) is 4.37. The molecule has 146 valence electrons. The van der Waals surface area contributed by atoms with Crippen LogP contribution in [0.25, 0.3) is 0 Å². The third kappa shape index (κ3) is 4.41. The summed E-state index contributed by atoms with van der Waals surface area (Å²) >= 11 is 0. The van der Waals surface area contributed by atoms with Gasteiger partial charge in [-0.1, -0.05) is 30.8 Å². The Balaban J connectivity index is 1.55. The van der Waals surface area contributed by atoms with Crippen molar-refractivity contribution in [2.24, 2.45) is 11.8 Å². The van der Waals surface area contributed by atoms with Crippen LogP contribution in [0.4, 0.5) is 0 Å². The molecular weight excluding hydrogens is 340 g/mol. The molecule has 0 radical (unpaired) electrons. The average molecular weight is 370 g/mol. The summed E-state index contributed by atoms with van der Waals surface area (Å²) in [6.45, 7) is 8.13. The predicted molar refractivity (Wildman–Crippen MR) is 105 cm³/mol. The van der Waals surface area contributed by atoms with Gasteiger partial charge in [-0.3, -0.25) is 9.59 Å². The average Bonchev–Trinajstić information content (AvgIpc) is 2.72. The fourth-order valence-corrected chi connectivity index (χ4v) is 4.37. The molecule has 1 N–H and O–H groups in total. The summed E-state index contributed by atoms with van der Waals surface area (Å²) in [7, 11) is 0. The van der Waals surface area contributed by atoms with Crippen molar-refractivity contribution >= 4 is 11.8 Å². The largest absolute Gasteiger partial charge is 0.388 e. The van der Waals surface area contributed by atoms with Crippen LogP contribution in [0, 0.1) is 18.8 Å². The normalized spacial score (nSPS) is 22.4. The van der Waals surface area contributed by atoms with Crippen LogP contribution in [0.2, 0.25) is 0 Å². The summed E-state index contributed by atoms with van der Waals surface area (Å²) in [5.41, 5.74) is 2.10. The number of aliphatic hydroxyl groups excluding tert-OH is 1. The van der Waals surface area contributed by atoms with Crippen molar-refractivity contribution in [3.8, 4) is 0 Å². The summed E-state index contributed by atoms with van der Waals surface area (Å²) in [6.07, 6.45) is 4.17. The monoisotopic (exact) mass is 370 g/mol. The number of aryl methyl sites for hydroxylation is 1. The van der Waals surface area contributed by atoms with E-state index in [1.165, 1.54) is 6.08 Å². The van der Waals surface area contributed by atoms with E-state index >= 15 is 0 Å². The minimum absolute atomic E-state index is 0.0902. The van der Waals surface area contributed by atoms with Crippen LogP contribution in [0.15, 0.2) is 36.9 Å². The van der Waals surface area contributed by atoms with Crippen molar-refractivity contribution in [2.75, 3.05) is 26.2 Å². The van der Waals surface area contributed by atoms with Gasteiger partial charge < -0.3 is 14.9 Å². The van der Waals surface area contributed by atoms with E-state index in [-0.39, 0.29) is 23.7 Å². The van der Waals surface area contributed by atoms with Crippen LogP contribution in [0.5, 0.6) is 0 Å². The lowest BCUT2D eigenvalue weighted by Gasteiger charge is -2.38. The summed E-state index contributed by atoms with van der Waals surface area (Å²) in [4.78, 5) is 28.4. The van der Waals surface area contributed by atoms with Crippen LogP contribution >= 0.6 is 0 Å². The van der Waals surface area contributed by atoms with Gasteiger partial charge in [0, 0.05) is 26.2 Å². The lowest BCUT2D eigenvalue weighted by atomic mass is 9.85. The Morgan fingerprint density at radius 2 is 1.85 bits per heavy atom. The van der Waals surface area contributed by atoms with Gasteiger partial charge in [0.15, 0.2) is 0 Å². The second kappa shape index (κ2) is 8.70. The van der Waals surface area contributed by atoms with E-state index in [9.17, 15) is 14.7 Å². The molecule has 0 aromatic heterocycles. The van der Waals surface area contributed by atoms with Crippen molar-refractivity contribution in [2.45, 2.75) is 38.7 Å². The number of piperidine rings is 2. The van der Waals surface area contributed by atoms with Crippen molar-refractivity contribution < 1.29 is 14.7 Å². The first-order valence-electron chi connectivity index (χ1n) is 9.95. The van der Waals surface area contributed by atoms with E-state index in [1.54, 1.807) is 4.90 Å². The number of amides is 2. The third-order valence-corrected chi connectivity index (χ3v) is 6.06. The first kappa shape index (κ1) is 19.6. The minimum Gasteiger partial charge on any atom is -0.388 e. The Kier molecular flexibility index (Phi) is 6.32. The molecule has 1 aromatic carbocycles. The lowest BCUT2D eigenvalue weighted by Crippen LogP contribution is -2.48. The summed E-state index contributed by atoms with van der Waals surface area (Å²) in [5.74, 6) is 0.133. The molecule has 2 heterocycles. The van der Waals surface area contributed by atoms with Gasteiger partial charge in [0.25, 0.3) is 0 Å². The molecule has 0 aliphatic carbocycles. The Morgan fingerprint density at radius 1 is 1.15 bits per heavy atom. The van der Waals surface area contributed by atoms with E-state index < -0.39 is 6.10 Å². The molecule has 3 rings (SSSR count). The van der Waals surface area contributed by atoms with Crippen LogP contribution < -0.4 is 0 Å². The molecule has 1 aromatic rings. The zero-order valence-corrected chi connectivity index (χ0v) is 16.1. The van der Waals surface area contributed by atoms with Crippen molar-refractivity contribution in [1.82, 2.24) is 9.80 Å². The number of benzene rings is 1. The summed E-state index contributed by atoms with van der Waals surface area (Å²) in [5, 5.41) is 10.8. The molecule has 0 saturated carbocycles. The first-order chi connectivity index (χ1) is 13.0. The third-order valence-electron chi connectivity index (χ3n) is 6.06.